The number of likely N-dealkylation sites (tertiary alicyclic amines) is 1. The van der Waals surface area contributed by atoms with E-state index in [9.17, 15) is 4.79 Å². The standard InChI is InChI=1S/C16H17ClN4O/c1-11-2-4-12(5-3-11)10-21-7-6-14(15(21)22)20-16-18-8-13(17)9-19-16/h2-5,8-9,14H,6-7,10H2,1H3,(H,18,19,20). The van der Waals surface area contributed by atoms with Crippen molar-refractivity contribution in [3.05, 3.63) is 52.8 Å². The number of hydrogen-bond donors (Lipinski definition) is 1. The molecule has 1 saturated heterocycles. The first-order chi connectivity index (χ1) is 10.6. The van der Waals surface area contributed by atoms with Crippen molar-refractivity contribution in [2.75, 3.05) is 11.9 Å². The maximum atomic E-state index is 12.4. The molecule has 1 amide bonds. The number of rotatable bonds is 4. The fourth-order valence-corrected chi connectivity index (χ4v) is 2.58. The van der Waals surface area contributed by atoms with Crippen LogP contribution in [0, 0.1) is 6.92 Å². The maximum absolute atomic E-state index is 12.4. The van der Waals surface area contributed by atoms with Crippen LogP contribution < -0.4 is 5.32 Å². The first-order valence-electron chi connectivity index (χ1n) is 7.20. The summed E-state index contributed by atoms with van der Waals surface area (Å²) in [6.07, 6.45) is 3.78. The number of hydrogen-bond acceptors (Lipinski definition) is 4. The fourth-order valence-electron chi connectivity index (χ4n) is 2.49. The third-order valence-electron chi connectivity index (χ3n) is 3.72. The summed E-state index contributed by atoms with van der Waals surface area (Å²) < 4.78 is 0. The second-order valence-corrected chi connectivity index (χ2v) is 5.89. The smallest absolute Gasteiger partial charge is 0.245 e. The van der Waals surface area contributed by atoms with E-state index in [1.165, 1.54) is 18.0 Å². The van der Waals surface area contributed by atoms with E-state index in [0.29, 0.717) is 17.5 Å². The van der Waals surface area contributed by atoms with Gasteiger partial charge in [0.25, 0.3) is 0 Å². The van der Waals surface area contributed by atoms with E-state index in [1.807, 2.05) is 4.90 Å². The minimum atomic E-state index is -0.272. The van der Waals surface area contributed by atoms with Crippen molar-refractivity contribution in [2.24, 2.45) is 0 Å². The van der Waals surface area contributed by atoms with Crippen LogP contribution in [-0.2, 0) is 11.3 Å². The van der Waals surface area contributed by atoms with E-state index in [0.717, 1.165) is 18.5 Å². The number of nitrogens with one attached hydrogen (secondary N) is 1. The van der Waals surface area contributed by atoms with Gasteiger partial charge >= 0.3 is 0 Å². The lowest BCUT2D eigenvalue weighted by Gasteiger charge is -2.17. The molecule has 0 aliphatic carbocycles. The highest BCUT2D eigenvalue weighted by Gasteiger charge is 2.31. The average molecular weight is 317 g/mol. The third kappa shape index (κ3) is 3.36. The zero-order valence-corrected chi connectivity index (χ0v) is 13.0. The Morgan fingerprint density at radius 2 is 1.95 bits per heavy atom. The molecule has 3 rings (SSSR count). The molecular weight excluding hydrogens is 300 g/mol. The summed E-state index contributed by atoms with van der Waals surface area (Å²) in [6.45, 7) is 3.42. The molecule has 22 heavy (non-hydrogen) atoms. The van der Waals surface area contributed by atoms with Gasteiger partial charge in [0, 0.05) is 13.1 Å². The molecule has 1 N–H and O–H groups in total. The highest BCUT2D eigenvalue weighted by atomic mass is 35.5. The van der Waals surface area contributed by atoms with Crippen LogP contribution in [0.15, 0.2) is 36.7 Å². The number of halogens is 1. The lowest BCUT2D eigenvalue weighted by atomic mass is 10.1. The van der Waals surface area contributed by atoms with Crippen LogP contribution in [0.4, 0.5) is 5.95 Å². The lowest BCUT2D eigenvalue weighted by Crippen LogP contribution is -2.33. The van der Waals surface area contributed by atoms with Gasteiger partial charge in [-0.15, -0.1) is 0 Å². The molecule has 6 heteroatoms. The predicted octanol–water partition coefficient (Wildman–Crippen LogP) is 2.65. The highest BCUT2D eigenvalue weighted by molar-refractivity contribution is 6.30. The van der Waals surface area contributed by atoms with Crippen molar-refractivity contribution < 1.29 is 4.79 Å². The SMILES string of the molecule is Cc1ccc(CN2CCC(Nc3ncc(Cl)cn3)C2=O)cc1. The molecule has 0 radical (unpaired) electrons. The Balaban J connectivity index is 1.62. The Morgan fingerprint density at radius 1 is 1.27 bits per heavy atom. The van der Waals surface area contributed by atoms with Gasteiger partial charge in [0.05, 0.1) is 17.4 Å². The van der Waals surface area contributed by atoms with E-state index in [4.69, 9.17) is 11.6 Å². The van der Waals surface area contributed by atoms with Crippen molar-refractivity contribution in [2.45, 2.75) is 25.9 Å². The topological polar surface area (TPSA) is 58.1 Å². The summed E-state index contributed by atoms with van der Waals surface area (Å²) in [7, 11) is 0. The van der Waals surface area contributed by atoms with Crippen molar-refractivity contribution >= 4 is 23.5 Å². The molecule has 0 bridgehead atoms. The molecule has 1 aliphatic rings. The predicted molar refractivity (Wildman–Crippen MR) is 85.7 cm³/mol. The normalized spacial score (nSPS) is 17.8. The van der Waals surface area contributed by atoms with E-state index in [1.54, 1.807) is 0 Å². The Kier molecular flexibility index (Phi) is 4.24. The minimum Gasteiger partial charge on any atom is -0.342 e. The summed E-state index contributed by atoms with van der Waals surface area (Å²) in [5.41, 5.74) is 2.36. The molecule has 0 spiro atoms. The van der Waals surface area contributed by atoms with Crippen LogP contribution in [0.2, 0.25) is 5.02 Å². The zero-order chi connectivity index (χ0) is 15.5. The molecule has 1 aromatic carbocycles. The molecule has 0 saturated carbocycles. The van der Waals surface area contributed by atoms with Gasteiger partial charge in [-0.3, -0.25) is 4.79 Å². The first-order valence-corrected chi connectivity index (χ1v) is 7.58. The van der Waals surface area contributed by atoms with Gasteiger partial charge < -0.3 is 10.2 Å². The average Bonchev–Trinajstić information content (AvgIpc) is 2.85. The Bertz CT molecular complexity index is 599. The quantitative estimate of drug-likeness (QED) is 0.942. The minimum absolute atomic E-state index is 0.0825. The van der Waals surface area contributed by atoms with Crippen molar-refractivity contribution in [1.82, 2.24) is 14.9 Å². The van der Waals surface area contributed by atoms with Crippen molar-refractivity contribution in [3.8, 4) is 0 Å². The summed E-state index contributed by atoms with van der Waals surface area (Å²) >= 11 is 5.75. The second kappa shape index (κ2) is 6.32. The molecule has 2 aromatic rings. The number of carbonyl (C=O) groups excluding carboxylic acids is 1. The van der Waals surface area contributed by atoms with Crippen LogP contribution in [0.1, 0.15) is 17.5 Å². The number of nitrogens with zero attached hydrogens (tertiary/aromatic N) is 3. The largest absolute Gasteiger partial charge is 0.342 e. The Hall–Kier alpha value is -2.14. The molecule has 1 fully saturated rings. The van der Waals surface area contributed by atoms with Gasteiger partial charge in [0.1, 0.15) is 6.04 Å². The number of benzene rings is 1. The van der Waals surface area contributed by atoms with Crippen LogP contribution in [-0.4, -0.2) is 33.4 Å². The van der Waals surface area contributed by atoms with Crippen molar-refractivity contribution in [3.63, 3.8) is 0 Å². The Labute approximate surface area is 134 Å². The fraction of sp³-hybridized carbons (Fsp3) is 0.312. The van der Waals surface area contributed by atoms with Crippen LogP contribution in [0.25, 0.3) is 0 Å². The van der Waals surface area contributed by atoms with Gasteiger partial charge in [0.2, 0.25) is 11.9 Å². The molecule has 5 nitrogen and oxygen atoms in total. The number of aromatic nitrogens is 2. The number of anilines is 1. The molecule has 1 aromatic heterocycles. The molecule has 2 heterocycles. The van der Waals surface area contributed by atoms with Crippen LogP contribution >= 0.6 is 11.6 Å². The molecule has 1 unspecified atom stereocenters. The van der Waals surface area contributed by atoms with Gasteiger partial charge in [-0.1, -0.05) is 41.4 Å². The van der Waals surface area contributed by atoms with E-state index < -0.39 is 0 Å². The molecule has 1 aliphatic heterocycles. The van der Waals surface area contributed by atoms with Crippen LogP contribution in [0.5, 0.6) is 0 Å². The molecular formula is C16H17ClN4O. The molecule has 1 atom stereocenters. The Morgan fingerprint density at radius 3 is 2.64 bits per heavy atom. The summed E-state index contributed by atoms with van der Waals surface area (Å²) in [6, 6.07) is 7.98. The van der Waals surface area contributed by atoms with Crippen LogP contribution in [0.3, 0.4) is 0 Å². The first kappa shape index (κ1) is 14.8. The summed E-state index contributed by atoms with van der Waals surface area (Å²) in [4.78, 5) is 22.4. The van der Waals surface area contributed by atoms with E-state index in [2.05, 4.69) is 46.5 Å². The molecule has 114 valence electrons. The number of aryl methyl sites for hydroxylation is 1. The van der Waals surface area contributed by atoms with Crippen molar-refractivity contribution in [1.29, 1.82) is 0 Å². The van der Waals surface area contributed by atoms with E-state index in [-0.39, 0.29) is 11.9 Å². The highest BCUT2D eigenvalue weighted by Crippen LogP contribution is 2.18. The number of carbonyl (C=O) groups is 1. The van der Waals surface area contributed by atoms with Gasteiger partial charge in [0.15, 0.2) is 0 Å². The number of amides is 1. The summed E-state index contributed by atoms with van der Waals surface area (Å²) in [5, 5.41) is 3.55. The monoisotopic (exact) mass is 316 g/mol. The maximum Gasteiger partial charge on any atom is 0.245 e. The van der Waals surface area contributed by atoms with Gasteiger partial charge in [-0.2, -0.15) is 0 Å². The van der Waals surface area contributed by atoms with Gasteiger partial charge in [-0.05, 0) is 18.9 Å². The van der Waals surface area contributed by atoms with E-state index >= 15 is 0 Å². The second-order valence-electron chi connectivity index (χ2n) is 5.46. The summed E-state index contributed by atoms with van der Waals surface area (Å²) in [5.74, 6) is 0.513. The van der Waals surface area contributed by atoms with Gasteiger partial charge in [-0.25, -0.2) is 9.97 Å². The zero-order valence-electron chi connectivity index (χ0n) is 12.3. The third-order valence-corrected chi connectivity index (χ3v) is 3.91. The lowest BCUT2D eigenvalue weighted by molar-refractivity contribution is -0.128.